The van der Waals surface area contributed by atoms with Crippen LogP contribution in [0.25, 0.3) is 0 Å². The standard InChI is InChI=1S/C22H24FN3O2/c1-16(2)24-22(27)20-15-28-21(25-20)14-26(12-17-7-4-3-5-8-17)13-18-9-6-10-19(23)11-18/h3-11,15-16H,12-14H2,1-2H3,(H,24,27). The predicted octanol–water partition coefficient (Wildman–Crippen LogP) is 4.15. The Bertz CT molecular complexity index is 909. The minimum atomic E-state index is -0.263. The molecule has 5 nitrogen and oxygen atoms in total. The van der Waals surface area contributed by atoms with Crippen molar-refractivity contribution in [2.75, 3.05) is 0 Å². The number of hydrogen-bond donors (Lipinski definition) is 1. The maximum Gasteiger partial charge on any atom is 0.273 e. The number of carbonyl (C=O) groups is 1. The maximum absolute atomic E-state index is 13.6. The van der Waals surface area contributed by atoms with Gasteiger partial charge in [-0.05, 0) is 37.1 Å². The summed E-state index contributed by atoms with van der Waals surface area (Å²) in [4.78, 5) is 18.5. The molecule has 6 heteroatoms. The zero-order valence-electron chi connectivity index (χ0n) is 16.1. The van der Waals surface area contributed by atoms with Gasteiger partial charge in [-0.25, -0.2) is 9.37 Å². The molecule has 0 atom stereocenters. The number of nitrogens with one attached hydrogen (secondary N) is 1. The van der Waals surface area contributed by atoms with Crippen LogP contribution in [0.5, 0.6) is 0 Å². The summed E-state index contributed by atoms with van der Waals surface area (Å²) in [5.41, 5.74) is 2.25. The Morgan fingerprint density at radius 1 is 1.07 bits per heavy atom. The van der Waals surface area contributed by atoms with E-state index in [-0.39, 0.29) is 23.5 Å². The Morgan fingerprint density at radius 2 is 1.79 bits per heavy atom. The quantitative estimate of drug-likeness (QED) is 0.637. The van der Waals surface area contributed by atoms with Crippen molar-refractivity contribution in [3.8, 4) is 0 Å². The number of carbonyl (C=O) groups excluding carboxylic acids is 1. The maximum atomic E-state index is 13.6. The summed E-state index contributed by atoms with van der Waals surface area (Å²) in [6.07, 6.45) is 1.37. The average molecular weight is 381 g/mol. The molecule has 1 heterocycles. The molecule has 0 radical (unpaired) electrons. The van der Waals surface area contributed by atoms with Crippen LogP contribution in [0.2, 0.25) is 0 Å². The van der Waals surface area contributed by atoms with E-state index < -0.39 is 0 Å². The Kier molecular flexibility index (Phi) is 6.55. The van der Waals surface area contributed by atoms with Crippen LogP contribution in [-0.4, -0.2) is 21.8 Å². The summed E-state index contributed by atoms with van der Waals surface area (Å²) >= 11 is 0. The predicted molar refractivity (Wildman–Crippen MR) is 105 cm³/mol. The topological polar surface area (TPSA) is 58.4 Å². The highest BCUT2D eigenvalue weighted by Gasteiger charge is 2.16. The van der Waals surface area contributed by atoms with Gasteiger partial charge in [0.1, 0.15) is 12.1 Å². The molecule has 0 aliphatic rings. The fourth-order valence-corrected chi connectivity index (χ4v) is 2.92. The lowest BCUT2D eigenvalue weighted by atomic mass is 10.1. The second-order valence-electron chi connectivity index (χ2n) is 7.02. The summed E-state index contributed by atoms with van der Waals surface area (Å²) in [5.74, 6) is -0.0769. The fraction of sp³-hybridized carbons (Fsp3) is 0.273. The number of hydrogen-bond acceptors (Lipinski definition) is 4. The van der Waals surface area contributed by atoms with Crippen molar-refractivity contribution >= 4 is 5.91 Å². The molecule has 1 aromatic heterocycles. The number of benzene rings is 2. The molecular formula is C22H24FN3O2. The van der Waals surface area contributed by atoms with Crippen LogP contribution in [0.4, 0.5) is 4.39 Å². The van der Waals surface area contributed by atoms with E-state index in [0.29, 0.717) is 25.5 Å². The molecule has 2 aromatic carbocycles. The fourth-order valence-electron chi connectivity index (χ4n) is 2.92. The highest BCUT2D eigenvalue weighted by Crippen LogP contribution is 2.15. The summed E-state index contributed by atoms with van der Waals surface area (Å²) in [5, 5.41) is 2.79. The van der Waals surface area contributed by atoms with E-state index >= 15 is 0 Å². The highest BCUT2D eigenvalue weighted by molar-refractivity contribution is 5.92. The normalized spacial score (nSPS) is 11.2. The van der Waals surface area contributed by atoms with E-state index in [9.17, 15) is 9.18 Å². The molecule has 0 saturated heterocycles. The van der Waals surface area contributed by atoms with Crippen molar-refractivity contribution in [1.82, 2.24) is 15.2 Å². The van der Waals surface area contributed by atoms with E-state index in [2.05, 4.69) is 15.2 Å². The molecule has 1 N–H and O–H groups in total. The number of oxazole rings is 1. The van der Waals surface area contributed by atoms with Crippen LogP contribution in [-0.2, 0) is 19.6 Å². The van der Waals surface area contributed by atoms with Gasteiger partial charge in [0, 0.05) is 19.1 Å². The van der Waals surface area contributed by atoms with Gasteiger partial charge in [0.25, 0.3) is 5.91 Å². The molecule has 3 aromatic rings. The number of nitrogens with zero attached hydrogens (tertiary/aromatic N) is 2. The first kappa shape index (κ1) is 19.8. The van der Waals surface area contributed by atoms with Gasteiger partial charge < -0.3 is 9.73 Å². The SMILES string of the molecule is CC(C)NC(=O)c1coc(CN(Cc2ccccc2)Cc2cccc(F)c2)n1. The van der Waals surface area contributed by atoms with Crippen molar-refractivity contribution in [2.24, 2.45) is 0 Å². The zero-order chi connectivity index (χ0) is 19.9. The molecule has 28 heavy (non-hydrogen) atoms. The van der Waals surface area contributed by atoms with Crippen LogP contribution in [0.15, 0.2) is 65.3 Å². The third-order valence-corrected chi connectivity index (χ3v) is 4.11. The minimum absolute atomic E-state index is 0.0233. The first-order chi connectivity index (χ1) is 13.5. The third-order valence-electron chi connectivity index (χ3n) is 4.11. The minimum Gasteiger partial charge on any atom is -0.447 e. The number of amides is 1. The second kappa shape index (κ2) is 9.28. The van der Waals surface area contributed by atoms with Crippen molar-refractivity contribution in [3.05, 3.63) is 89.4 Å². The van der Waals surface area contributed by atoms with Crippen LogP contribution in [0.3, 0.4) is 0 Å². The van der Waals surface area contributed by atoms with E-state index in [0.717, 1.165) is 11.1 Å². The summed E-state index contributed by atoms with van der Waals surface area (Å²) in [6, 6.07) is 16.6. The molecule has 0 saturated carbocycles. The summed E-state index contributed by atoms with van der Waals surface area (Å²) in [7, 11) is 0. The molecular weight excluding hydrogens is 357 g/mol. The van der Waals surface area contributed by atoms with Crippen molar-refractivity contribution < 1.29 is 13.6 Å². The van der Waals surface area contributed by atoms with Gasteiger partial charge in [-0.1, -0.05) is 42.5 Å². The highest BCUT2D eigenvalue weighted by atomic mass is 19.1. The van der Waals surface area contributed by atoms with Gasteiger partial charge in [-0.15, -0.1) is 0 Å². The lowest BCUT2D eigenvalue weighted by Gasteiger charge is -2.21. The van der Waals surface area contributed by atoms with Crippen LogP contribution < -0.4 is 5.32 Å². The molecule has 0 bridgehead atoms. The summed E-state index contributed by atoms with van der Waals surface area (Å²) in [6.45, 7) is 5.36. The molecule has 0 aliphatic heterocycles. The number of aromatic nitrogens is 1. The number of halogens is 1. The monoisotopic (exact) mass is 381 g/mol. The molecule has 0 spiro atoms. The molecule has 1 amide bonds. The number of rotatable bonds is 8. The average Bonchev–Trinajstić information content (AvgIpc) is 3.11. The molecule has 0 aliphatic carbocycles. The van der Waals surface area contributed by atoms with Gasteiger partial charge in [-0.3, -0.25) is 9.69 Å². The van der Waals surface area contributed by atoms with Gasteiger partial charge in [0.15, 0.2) is 5.69 Å². The first-order valence-corrected chi connectivity index (χ1v) is 9.25. The summed E-state index contributed by atoms with van der Waals surface area (Å²) < 4.78 is 19.1. The van der Waals surface area contributed by atoms with E-state index in [1.807, 2.05) is 50.2 Å². The lowest BCUT2D eigenvalue weighted by Crippen LogP contribution is -2.30. The van der Waals surface area contributed by atoms with Gasteiger partial charge in [-0.2, -0.15) is 0 Å². The van der Waals surface area contributed by atoms with Gasteiger partial charge >= 0.3 is 0 Å². The van der Waals surface area contributed by atoms with Crippen molar-refractivity contribution in [3.63, 3.8) is 0 Å². The second-order valence-corrected chi connectivity index (χ2v) is 7.02. The third kappa shape index (κ3) is 5.76. The Morgan fingerprint density at radius 3 is 2.50 bits per heavy atom. The van der Waals surface area contributed by atoms with E-state index in [4.69, 9.17) is 4.42 Å². The van der Waals surface area contributed by atoms with Crippen LogP contribution in [0.1, 0.15) is 41.4 Å². The first-order valence-electron chi connectivity index (χ1n) is 9.25. The van der Waals surface area contributed by atoms with E-state index in [1.165, 1.54) is 18.4 Å². The van der Waals surface area contributed by atoms with Crippen molar-refractivity contribution in [1.29, 1.82) is 0 Å². The molecule has 146 valence electrons. The van der Waals surface area contributed by atoms with Gasteiger partial charge in [0.05, 0.1) is 6.54 Å². The lowest BCUT2D eigenvalue weighted by molar-refractivity contribution is 0.0938. The Balaban J connectivity index is 1.75. The molecule has 0 unspecified atom stereocenters. The van der Waals surface area contributed by atoms with Gasteiger partial charge in [0.2, 0.25) is 5.89 Å². The Labute approximate surface area is 164 Å². The van der Waals surface area contributed by atoms with E-state index in [1.54, 1.807) is 6.07 Å². The van der Waals surface area contributed by atoms with Crippen LogP contribution in [0, 0.1) is 5.82 Å². The largest absolute Gasteiger partial charge is 0.447 e. The van der Waals surface area contributed by atoms with Crippen molar-refractivity contribution in [2.45, 2.75) is 39.5 Å². The zero-order valence-corrected chi connectivity index (χ0v) is 16.1. The molecule has 3 rings (SSSR count). The molecule has 0 fully saturated rings. The smallest absolute Gasteiger partial charge is 0.273 e. The Hall–Kier alpha value is -2.99. The van der Waals surface area contributed by atoms with Crippen LogP contribution >= 0.6 is 0 Å².